The molecule has 162 valence electrons. The highest BCUT2D eigenvalue weighted by Gasteiger charge is 2.25. The van der Waals surface area contributed by atoms with Gasteiger partial charge in [0.2, 0.25) is 0 Å². The molecular weight excluding hydrogens is 553 g/mol. The van der Waals surface area contributed by atoms with Crippen molar-refractivity contribution in [1.29, 1.82) is 0 Å². The summed E-state index contributed by atoms with van der Waals surface area (Å²) in [5.74, 6) is -0.168. The van der Waals surface area contributed by atoms with Crippen LogP contribution in [0.5, 0.6) is 0 Å². The number of hydrogen-bond donors (Lipinski definition) is 0. The Bertz CT molecular complexity index is 1020. The normalized spacial score (nSPS) is 14.6. The van der Waals surface area contributed by atoms with Crippen molar-refractivity contribution < 1.29 is 9.53 Å². The topological polar surface area (TPSA) is 45.7 Å². The first-order valence-corrected chi connectivity index (χ1v) is 12.3. The number of carbonyl (C=O) groups is 1. The lowest BCUT2D eigenvalue weighted by Crippen LogP contribution is -2.39. The lowest BCUT2D eigenvalue weighted by atomic mass is 10.2. The lowest BCUT2D eigenvalue weighted by molar-refractivity contribution is 0.0376. The van der Waals surface area contributed by atoms with Crippen LogP contribution in [0.1, 0.15) is 16.8 Å². The molecule has 5 nitrogen and oxygen atoms in total. The molecule has 1 fully saturated rings. The number of benzene rings is 1. The molecule has 1 saturated heterocycles. The van der Waals surface area contributed by atoms with Crippen molar-refractivity contribution >= 4 is 95.5 Å². The van der Waals surface area contributed by atoms with Gasteiger partial charge in [0.05, 0.1) is 33.3 Å². The maximum absolute atomic E-state index is 13.3. The Balaban J connectivity index is 0.00000256. The molecule has 0 spiro atoms. The number of ether oxygens (including phenoxy) is 1. The Morgan fingerprint density at radius 2 is 2.00 bits per heavy atom. The van der Waals surface area contributed by atoms with Gasteiger partial charge in [-0.25, -0.2) is 4.98 Å². The van der Waals surface area contributed by atoms with E-state index in [1.165, 1.54) is 22.7 Å². The molecule has 0 unspecified atom stereocenters. The summed E-state index contributed by atoms with van der Waals surface area (Å²) < 4.78 is 8.32. The minimum atomic E-state index is -0.168. The third-order valence-electron chi connectivity index (χ3n) is 4.66. The molecule has 2 aromatic heterocycles. The quantitative estimate of drug-likeness (QED) is 0.353. The molecule has 30 heavy (non-hydrogen) atoms. The molecule has 3 heterocycles. The molecule has 1 aliphatic heterocycles. The summed E-state index contributed by atoms with van der Waals surface area (Å²) in [4.78, 5) is 22.1. The van der Waals surface area contributed by atoms with Crippen LogP contribution in [-0.4, -0.2) is 55.2 Å². The van der Waals surface area contributed by atoms with Gasteiger partial charge in [0, 0.05) is 30.7 Å². The lowest BCUT2D eigenvalue weighted by Gasteiger charge is -2.27. The number of thiophene rings is 1. The number of aromatic nitrogens is 1. The summed E-state index contributed by atoms with van der Waals surface area (Å²) >= 11 is 18.5. The number of carbonyl (C=O) groups excluding carboxylic acids is 1. The zero-order valence-corrected chi connectivity index (χ0v) is 21.3. The van der Waals surface area contributed by atoms with Crippen molar-refractivity contribution in [2.45, 2.75) is 6.42 Å². The second kappa shape index (κ2) is 10.9. The maximum Gasteiger partial charge on any atom is 0.262 e. The number of fused-ring (bicyclic) bond motifs is 1. The Morgan fingerprint density at radius 1 is 1.23 bits per heavy atom. The highest BCUT2D eigenvalue weighted by atomic mass is 79.9. The SMILES string of the molecule is Cl.O=C(c1cc(Cl)sc1Cl)N(CCCN1CCOCC1)c1nc2ccc(Br)cc2s1. The van der Waals surface area contributed by atoms with Gasteiger partial charge < -0.3 is 4.74 Å². The van der Waals surface area contributed by atoms with Crippen LogP contribution in [0.4, 0.5) is 5.13 Å². The summed E-state index contributed by atoms with van der Waals surface area (Å²) in [6.45, 7) is 4.84. The molecule has 0 saturated carbocycles. The van der Waals surface area contributed by atoms with E-state index >= 15 is 0 Å². The van der Waals surface area contributed by atoms with Gasteiger partial charge in [0.15, 0.2) is 5.13 Å². The van der Waals surface area contributed by atoms with Gasteiger partial charge >= 0.3 is 0 Å². The minimum absolute atomic E-state index is 0. The number of halogens is 4. The molecule has 0 aliphatic carbocycles. The number of anilines is 1. The third-order valence-corrected chi connectivity index (χ3v) is 7.68. The molecular formula is C19H19BrCl3N3O2S2. The molecule has 0 atom stereocenters. The van der Waals surface area contributed by atoms with Crippen LogP contribution >= 0.6 is 74.2 Å². The molecule has 11 heteroatoms. The molecule has 0 N–H and O–H groups in total. The predicted molar refractivity (Wildman–Crippen MR) is 132 cm³/mol. The van der Waals surface area contributed by atoms with Crippen LogP contribution in [0.15, 0.2) is 28.7 Å². The average Bonchev–Trinajstić information content (AvgIpc) is 3.27. The molecule has 4 rings (SSSR count). The molecule has 1 aliphatic rings. The highest BCUT2D eigenvalue weighted by molar-refractivity contribution is 9.10. The molecule has 0 bridgehead atoms. The van der Waals surface area contributed by atoms with E-state index in [-0.39, 0.29) is 18.3 Å². The summed E-state index contributed by atoms with van der Waals surface area (Å²) in [7, 11) is 0. The molecule has 1 aromatic carbocycles. The van der Waals surface area contributed by atoms with E-state index < -0.39 is 0 Å². The predicted octanol–water partition coefficient (Wildman–Crippen LogP) is 6.22. The number of thiazole rings is 1. The van der Waals surface area contributed by atoms with E-state index in [0.29, 0.717) is 25.9 Å². The summed E-state index contributed by atoms with van der Waals surface area (Å²) in [6.07, 6.45) is 0.834. The first-order valence-electron chi connectivity index (χ1n) is 9.14. The van der Waals surface area contributed by atoms with Gasteiger partial charge in [0.25, 0.3) is 5.91 Å². The van der Waals surface area contributed by atoms with Crippen molar-refractivity contribution in [2.24, 2.45) is 0 Å². The number of rotatable bonds is 6. The largest absolute Gasteiger partial charge is 0.379 e. The van der Waals surface area contributed by atoms with Gasteiger partial charge in [-0.15, -0.1) is 23.7 Å². The van der Waals surface area contributed by atoms with Crippen LogP contribution in [0.25, 0.3) is 10.2 Å². The second-order valence-corrected chi connectivity index (χ2v) is 10.8. The fourth-order valence-corrected chi connectivity index (χ4v) is 6.18. The van der Waals surface area contributed by atoms with Crippen molar-refractivity contribution in [3.05, 3.63) is 43.0 Å². The smallest absolute Gasteiger partial charge is 0.262 e. The Labute approximate surface area is 207 Å². The van der Waals surface area contributed by atoms with Crippen molar-refractivity contribution in [1.82, 2.24) is 9.88 Å². The van der Waals surface area contributed by atoms with Gasteiger partial charge in [-0.05, 0) is 30.7 Å². The van der Waals surface area contributed by atoms with E-state index in [4.69, 9.17) is 32.9 Å². The van der Waals surface area contributed by atoms with Crippen LogP contribution in [-0.2, 0) is 4.74 Å². The van der Waals surface area contributed by atoms with Crippen molar-refractivity contribution in [2.75, 3.05) is 44.3 Å². The Hall–Kier alpha value is -0.450. The summed E-state index contributed by atoms with van der Waals surface area (Å²) in [5, 5.41) is 0.670. The van der Waals surface area contributed by atoms with Crippen LogP contribution in [0, 0.1) is 0 Å². The van der Waals surface area contributed by atoms with E-state index in [0.717, 1.165) is 54.0 Å². The summed E-state index contributed by atoms with van der Waals surface area (Å²) in [6, 6.07) is 7.55. The van der Waals surface area contributed by atoms with Crippen molar-refractivity contribution in [3.63, 3.8) is 0 Å². The highest BCUT2D eigenvalue weighted by Crippen LogP contribution is 2.35. The van der Waals surface area contributed by atoms with Gasteiger partial charge in [-0.3, -0.25) is 14.6 Å². The fourth-order valence-electron chi connectivity index (χ4n) is 3.19. The molecule has 3 aromatic rings. The second-order valence-electron chi connectivity index (χ2n) is 6.61. The van der Waals surface area contributed by atoms with Gasteiger partial charge in [-0.2, -0.15) is 0 Å². The first-order chi connectivity index (χ1) is 14.0. The minimum Gasteiger partial charge on any atom is -0.379 e. The Kier molecular flexibility index (Phi) is 8.81. The first kappa shape index (κ1) is 24.2. The van der Waals surface area contributed by atoms with Crippen LogP contribution in [0.2, 0.25) is 8.67 Å². The number of hydrogen-bond acceptors (Lipinski definition) is 6. The maximum atomic E-state index is 13.3. The van der Waals surface area contributed by atoms with E-state index in [9.17, 15) is 4.79 Å². The monoisotopic (exact) mass is 569 g/mol. The van der Waals surface area contributed by atoms with E-state index in [2.05, 4.69) is 20.8 Å². The standard InChI is InChI=1S/C19H18BrCl2N3O2S2.ClH/c20-12-2-3-14-15(10-12)28-19(23-14)25(5-1-4-24-6-8-27-9-7-24)18(26)13-11-16(21)29-17(13)22;/h2-3,10-11H,1,4-9H2;1H. The van der Waals surface area contributed by atoms with Gasteiger partial charge in [0.1, 0.15) is 4.34 Å². The number of morpholine rings is 1. The van der Waals surface area contributed by atoms with E-state index in [1.54, 1.807) is 11.0 Å². The van der Waals surface area contributed by atoms with E-state index in [1.807, 2.05) is 18.2 Å². The fraction of sp³-hybridized carbons (Fsp3) is 0.368. The number of amides is 1. The van der Waals surface area contributed by atoms with Gasteiger partial charge in [-0.1, -0.05) is 50.5 Å². The van der Waals surface area contributed by atoms with Crippen LogP contribution < -0.4 is 4.90 Å². The molecule has 1 amide bonds. The molecule has 0 radical (unpaired) electrons. The third kappa shape index (κ3) is 5.66. The zero-order chi connectivity index (χ0) is 20.4. The number of nitrogens with zero attached hydrogens (tertiary/aromatic N) is 3. The van der Waals surface area contributed by atoms with Crippen molar-refractivity contribution in [3.8, 4) is 0 Å². The van der Waals surface area contributed by atoms with Crippen LogP contribution in [0.3, 0.4) is 0 Å². The Morgan fingerprint density at radius 3 is 2.70 bits per heavy atom. The average molecular weight is 572 g/mol. The summed E-state index contributed by atoms with van der Waals surface area (Å²) in [5.41, 5.74) is 1.29. The zero-order valence-electron chi connectivity index (χ0n) is 15.8.